The van der Waals surface area contributed by atoms with E-state index in [2.05, 4.69) is 29.5 Å². The minimum Gasteiger partial charge on any atom is -0.466 e. The Morgan fingerprint density at radius 3 is 2.31 bits per heavy atom. The van der Waals surface area contributed by atoms with Crippen LogP contribution >= 0.6 is 24.0 Å². The Morgan fingerprint density at radius 1 is 1.19 bits per heavy atom. The molecule has 1 saturated carbocycles. The highest BCUT2D eigenvalue weighted by Gasteiger charge is 2.27. The number of amides is 1. The lowest BCUT2D eigenvalue weighted by Gasteiger charge is -2.29. The molecule has 0 radical (unpaired) electrons. The van der Waals surface area contributed by atoms with Crippen LogP contribution in [0.3, 0.4) is 0 Å². The Balaban J connectivity index is 0.00000625. The van der Waals surface area contributed by atoms with Crippen molar-refractivity contribution in [2.24, 2.45) is 16.8 Å². The largest absolute Gasteiger partial charge is 0.466 e. The van der Waals surface area contributed by atoms with Crippen LogP contribution in [0.2, 0.25) is 0 Å². The number of esters is 1. The van der Waals surface area contributed by atoms with Gasteiger partial charge in [0.2, 0.25) is 5.91 Å². The SMILES string of the molecule is CCOC(=O)C1CCC(NC(=NCC(=O)N(C)C)NCC(C)C)CC1.I. The smallest absolute Gasteiger partial charge is 0.308 e. The lowest BCUT2D eigenvalue weighted by Crippen LogP contribution is -2.46. The molecule has 0 aromatic rings. The second-order valence-electron chi connectivity index (χ2n) is 7.17. The zero-order valence-electron chi connectivity index (χ0n) is 16.7. The predicted molar refractivity (Wildman–Crippen MR) is 115 cm³/mol. The zero-order chi connectivity index (χ0) is 18.8. The van der Waals surface area contributed by atoms with E-state index in [-0.39, 0.29) is 54.4 Å². The van der Waals surface area contributed by atoms with Crippen LogP contribution in [0.4, 0.5) is 0 Å². The number of hydrogen-bond acceptors (Lipinski definition) is 4. The zero-order valence-corrected chi connectivity index (χ0v) is 19.0. The number of nitrogens with one attached hydrogen (secondary N) is 2. The third-order valence-electron chi connectivity index (χ3n) is 4.24. The van der Waals surface area contributed by atoms with E-state index in [0.717, 1.165) is 32.2 Å². The maximum absolute atomic E-state index is 11.8. The summed E-state index contributed by atoms with van der Waals surface area (Å²) in [4.78, 5) is 29.5. The average molecular weight is 482 g/mol. The van der Waals surface area contributed by atoms with Crippen molar-refractivity contribution in [2.45, 2.75) is 52.5 Å². The first-order valence-corrected chi connectivity index (χ1v) is 9.25. The van der Waals surface area contributed by atoms with Gasteiger partial charge in [-0.1, -0.05) is 13.8 Å². The lowest BCUT2D eigenvalue weighted by molar-refractivity contribution is -0.149. The van der Waals surface area contributed by atoms with Gasteiger partial charge in [0.15, 0.2) is 5.96 Å². The molecule has 0 aliphatic heterocycles. The van der Waals surface area contributed by atoms with Gasteiger partial charge >= 0.3 is 5.97 Å². The standard InChI is InChI=1S/C18H34N4O3.HI/c1-6-25-17(24)14-7-9-15(10-8-14)21-18(19-11-13(2)3)20-12-16(23)22(4)5;/h13-15H,6-12H2,1-5H3,(H2,19,20,21);1H. The van der Waals surface area contributed by atoms with Crippen molar-refractivity contribution in [1.82, 2.24) is 15.5 Å². The van der Waals surface area contributed by atoms with E-state index in [4.69, 9.17) is 4.74 Å². The second-order valence-corrected chi connectivity index (χ2v) is 7.17. The Bertz CT molecular complexity index is 461. The molecule has 0 bridgehead atoms. The maximum Gasteiger partial charge on any atom is 0.308 e. The van der Waals surface area contributed by atoms with Crippen molar-refractivity contribution in [1.29, 1.82) is 0 Å². The summed E-state index contributed by atoms with van der Waals surface area (Å²) in [5.41, 5.74) is 0. The molecule has 152 valence electrons. The number of aliphatic imine (C=N–C) groups is 1. The van der Waals surface area contributed by atoms with Crippen molar-refractivity contribution in [3.8, 4) is 0 Å². The lowest BCUT2D eigenvalue weighted by atomic mass is 9.86. The van der Waals surface area contributed by atoms with Gasteiger partial charge in [-0.3, -0.25) is 9.59 Å². The minimum absolute atomic E-state index is 0. The molecule has 8 heteroatoms. The number of likely N-dealkylation sites (N-methyl/N-ethyl adjacent to an activating group) is 1. The molecule has 1 aliphatic carbocycles. The van der Waals surface area contributed by atoms with Crippen molar-refractivity contribution in [2.75, 3.05) is 33.8 Å². The van der Waals surface area contributed by atoms with E-state index in [0.29, 0.717) is 18.5 Å². The first-order valence-electron chi connectivity index (χ1n) is 9.25. The monoisotopic (exact) mass is 482 g/mol. The van der Waals surface area contributed by atoms with E-state index in [1.165, 1.54) is 4.90 Å². The molecule has 1 rings (SSSR count). The Morgan fingerprint density at radius 2 is 1.81 bits per heavy atom. The molecule has 7 nitrogen and oxygen atoms in total. The van der Waals surface area contributed by atoms with E-state index < -0.39 is 0 Å². The molecule has 2 N–H and O–H groups in total. The molecule has 26 heavy (non-hydrogen) atoms. The summed E-state index contributed by atoms with van der Waals surface area (Å²) < 4.78 is 5.11. The van der Waals surface area contributed by atoms with Crippen LogP contribution in [0.5, 0.6) is 0 Å². The third-order valence-corrected chi connectivity index (χ3v) is 4.24. The van der Waals surface area contributed by atoms with Crippen LogP contribution in [0.1, 0.15) is 46.5 Å². The fraction of sp³-hybridized carbons (Fsp3) is 0.833. The van der Waals surface area contributed by atoms with Crippen LogP contribution in [-0.4, -0.2) is 62.6 Å². The maximum atomic E-state index is 11.8. The van der Waals surface area contributed by atoms with Crippen molar-refractivity contribution in [3.63, 3.8) is 0 Å². The van der Waals surface area contributed by atoms with E-state index in [9.17, 15) is 9.59 Å². The normalized spacial score (nSPS) is 20.2. The van der Waals surface area contributed by atoms with Crippen LogP contribution in [-0.2, 0) is 14.3 Å². The van der Waals surface area contributed by atoms with E-state index in [1.54, 1.807) is 14.1 Å². The van der Waals surface area contributed by atoms with Crippen molar-refractivity contribution in [3.05, 3.63) is 0 Å². The van der Waals surface area contributed by atoms with Gasteiger partial charge < -0.3 is 20.3 Å². The first kappa shape index (κ1) is 24.9. The van der Waals surface area contributed by atoms with Gasteiger partial charge in [0.05, 0.1) is 12.5 Å². The summed E-state index contributed by atoms with van der Waals surface area (Å²) in [6.45, 7) is 7.44. The van der Waals surface area contributed by atoms with Crippen LogP contribution in [0.25, 0.3) is 0 Å². The summed E-state index contributed by atoms with van der Waals surface area (Å²) in [5, 5.41) is 6.70. The van der Waals surface area contributed by atoms with Gasteiger partial charge in [-0.2, -0.15) is 0 Å². The van der Waals surface area contributed by atoms with Crippen LogP contribution in [0, 0.1) is 11.8 Å². The second kappa shape index (κ2) is 13.2. The van der Waals surface area contributed by atoms with Crippen molar-refractivity contribution < 1.29 is 14.3 Å². The van der Waals surface area contributed by atoms with Crippen molar-refractivity contribution >= 4 is 41.8 Å². The molecule has 0 saturated heterocycles. The summed E-state index contributed by atoms with van der Waals surface area (Å²) >= 11 is 0. The molecule has 0 atom stereocenters. The molecule has 1 aliphatic rings. The third kappa shape index (κ3) is 9.59. The number of halogens is 1. The Kier molecular flexibility index (Phi) is 12.6. The fourth-order valence-electron chi connectivity index (χ4n) is 2.67. The number of rotatable bonds is 7. The topological polar surface area (TPSA) is 83.0 Å². The van der Waals surface area contributed by atoms with Gasteiger partial charge in [-0.15, -0.1) is 24.0 Å². The molecular weight excluding hydrogens is 447 g/mol. The number of hydrogen-bond donors (Lipinski definition) is 2. The highest BCUT2D eigenvalue weighted by atomic mass is 127. The highest BCUT2D eigenvalue weighted by molar-refractivity contribution is 14.0. The summed E-state index contributed by atoms with van der Waals surface area (Å²) in [7, 11) is 3.45. The molecule has 0 aromatic carbocycles. The van der Waals surface area contributed by atoms with Gasteiger partial charge in [-0.25, -0.2) is 4.99 Å². The molecule has 1 amide bonds. The molecule has 1 fully saturated rings. The molecule has 0 unspecified atom stereocenters. The minimum atomic E-state index is -0.0793. The Hall–Kier alpha value is -1.06. The number of nitrogens with zero attached hydrogens (tertiary/aromatic N) is 2. The summed E-state index contributed by atoms with van der Waals surface area (Å²) in [5.74, 6) is 1.05. The van der Waals surface area contributed by atoms with Gasteiger partial charge in [-0.05, 0) is 38.5 Å². The first-order chi connectivity index (χ1) is 11.8. The summed E-state index contributed by atoms with van der Waals surface area (Å²) in [6, 6.07) is 0.263. The number of guanidine groups is 1. The van der Waals surface area contributed by atoms with Crippen LogP contribution in [0.15, 0.2) is 4.99 Å². The van der Waals surface area contributed by atoms with E-state index >= 15 is 0 Å². The molecule has 0 aromatic heterocycles. The van der Waals surface area contributed by atoms with Crippen LogP contribution < -0.4 is 10.6 Å². The van der Waals surface area contributed by atoms with Gasteiger partial charge in [0.1, 0.15) is 6.54 Å². The van der Waals surface area contributed by atoms with Gasteiger partial charge in [0, 0.05) is 26.7 Å². The number of ether oxygens (including phenoxy) is 1. The average Bonchev–Trinajstić information content (AvgIpc) is 2.57. The fourth-order valence-corrected chi connectivity index (χ4v) is 2.67. The molecule has 0 spiro atoms. The number of carbonyl (C=O) groups is 2. The molecule has 0 heterocycles. The highest BCUT2D eigenvalue weighted by Crippen LogP contribution is 2.25. The van der Waals surface area contributed by atoms with Gasteiger partial charge in [0.25, 0.3) is 0 Å². The van der Waals surface area contributed by atoms with E-state index in [1.807, 2.05) is 6.92 Å². The Labute approximate surface area is 174 Å². The summed E-state index contributed by atoms with van der Waals surface area (Å²) in [6.07, 6.45) is 3.44. The molecular formula is C18H35IN4O3. The number of carbonyl (C=O) groups excluding carboxylic acids is 2. The quantitative estimate of drug-likeness (QED) is 0.251. The predicted octanol–water partition coefficient (Wildman–Crippen LogP) is 2.01.